The van der Waals surface area contributed by atoms with Crippen molar-refractivity contribution in [1.82, 2.24) is 0 Å². The number of epoxide rings is 1. The van der Waals surface area contributed by atoms with E-state index >= 15 is 0 Å². The van der Waals surface area contributed by atoms with Crippen LogP contribution in [0.3, 0.4) is 0 Å². The Morgan fingerprint density at radius 1 is 1.67 bits per heavy atom. The number of hydrogen-bond donors (Lipinski definition) is 0. The lowest BCUT2D eigenvalue weighted by molar-refractivity contribution is -0.164. The van der Waals surface area contributed by atoms with Gasteiger partial charge in [0.2, 0.25) is 0 Å². The maximum atomic E-state index is 10.7. The van der Waals surface area contributed by atoms with Crippen LogP contribution in [0.1, 0.15) is 0 Å². The Morgan fingerprint density at radius 2 is 2.22 bits per heavy atom. The first-order valence-corrected chi connectivity index (χ1v) is 2.53. The molecule has 0 bridgehead atoms. The van der Waals surface area contributed by atoms with Crippen molar-refractivity contribution >= 4 is 5.97 Å². The molecule has 0 amide bonds. The third kappa shape index (κ3) is 0.906. The second-order valence-corrected chi connectivity index (χ2v) is 1.74. The third-order valence-corrected chi connectivity index (χ3v) is 1.23. The van der Waals surface area contributed by atoms with E-state index in [1.54, 1.807) is 0 Å². The predicted octanol–water partition coefficient (Wildman–Crippen LogP) is -0.468. The van der Waals surface area contributed by atoms with E-state index in [1.165, 1.54) is 14.2 Å². The van der Waals surface area contributed by atoms with Crippen LogP contribution in [0.15, 0.2) is 0 Å². The largest absolute Gasteiger partial charge is 0.465 e. The summed E-state index contributed by atoms with van der Waals surface area (Å²) in [5.41, 5.74) is 0. The molecule has 1 unspecified atom stereocenters. The zero-order valence-corrected chi connectivity index (χ0v) is 5.34. The van der Waals surface area contributed by atoms with Crippen molar-refractivity contribution in [2.45, 2.75) is 5.79 Å². The molecular formula is C5H8O4. The zero-order chi connectivity index (χ0) is 6.91. The summed E-state index contributed by atoms with van der Waals surface area (Å²) in [6.45, 7) is 0.302. The summed E-state index contributed by atoms with van der Waals surface area (Å²) in [6.07, 6.45) is 0. The Bertz CT molecular complexity index is 127. The van der Waals surface area contributed by atoms with Gasteiger partial charge in [0, 0.05) is 7.11 Å². The number of methoxy groups -OCH3 is 2. The van der Waals surface area contributed by atoms with Crippen molar-refractivity contribution in [2.75, 3.05) is 20.8 Å². The minimum Gasteiger partial charge on any atom is -0.465 e. The molecule has 9 heavy (non-hydrogen) atoms. The second kappa shape index (κ2) is 1.97. The summed E-state index contributed by atoms with van der Waals surface area (Å²) >= 11 is 0. The molecule has 0 aliphatic carbocycles. The minimum atomic E-state index is -1.06. The second-order valence-electron chi connectivity index (χ2n) is 1.74. The van der Waals surface area contributed by atoms with E-state index in [1.807, 2.05) is 0 Å². The maximum Gasteiger partial charge on any atom is 0.369 e. The van der Waals surface area contributed by atoms with Crippen molar-refractivity contribution in [1.29, 1.82) is 0 Å². The van der Waals surface area contributed by atoms with Gasteiger partial charge < -0.3 is 14.2 Å². The van der Waals surface area contributed by atoms with Crippen LogP contribution in [0, 0.1) is 0 Å². The smallest absolute Gasteiger partial charge is 0.369 e. The molecule has 0 radical (unpaired) electrons. The monoisotopic (exact) mass is 132 g/mol. The SMILES string of the molecule is COC(=O)C1(OC)CO1. The Kier molecular flexibility index (Phi) is 1.42. The molecule has 0 aromatic carbocycles. The molecular weight excluding hydrogens is 124 g/mol. The number of ether oxygens (including phenoxy) is 3. The highest BCUT2D eigenvalue weighted by molar-refractivity contribution is 5.80. The van der Waals surface area contributed by atoms with E-state index in [2.05, 4.69) is 4.74 Å². The molecule has 0 spiro atoms. The van der Waals surface area contributed by atoms with Crippen LogP contribution in [-0.2, 0) is 19.0 Å². The van der Waals surface area contributed by atoms with Gasteiger partial charge in [0.25, 0.3) is 5.79 Å². The standard InChI is InChI=1S/C5H8O4/c1-7-4(6)5(8-2)3-9-5/h3H2,1-2H3. The average Bonchev–Trinajstić information content (AvgIpc) is 2.66. The molecule has 1 saturated heterocycles. The molecule has 4 nitrogen and oxygen atoms in total. The topological polar surface area (TPSA) is 48.1 Å². The summed E-state index contributed by atoms with van der Waals surface area (Å²) in [5.74, 6) is -1.53. The van der Waals surface area contributed by atoms with Gasteiger partial charge in [0.05, 0.1) is 7.11 Å². The van der Waals surface area contributed by atoms with E-state index in [0.29, 0.717) is 6.61 Å². The quantitative estimate of drug-likeness (QED) is 0.376. The van der Waals surface area contributed by atoms with Crippen LogP contribution in [-0.4, -0.2) is 32.6 Å². The lowest BCUT2D eigenvalue weighted by Gasteiger charge is -2.04. The molecule has 0 aromatic rings. The van der Waals surface area contributed by atoms with Gasteiger partial charge in [-0.2, -0.15) is 0 Å². The first-order chi connectivity index (χ1) is 4.25. The lowest BCUT2D eigenvalue weighted by Crippen LogP contribution is -2.27. The Balaban J connectivity index is 2.49. The van der Waals surface area contributed by atoms with Gasteiger partial charge in [-0.05, 0) is 0 Å². The fourth-order valence-corrected chi connectivity index (χ4v) is 0.540. The highest BCUT2D eigenvalue weighted by Crippen LogP contribution is 2.28. The molecule has 1 aliphatic heterocycles. The molecule has 1 aliphatic rings. The van der Waals surface area contributed by atoms with E-state index in [-0.39, 0.29) is 0 Å². The first-order valence-electron chi connectivity index (χ1n) is 2.53. The molecule has 0 aromatic heterocycles. The van der Waals surface area contributed by atoms with E-state index in [0.717, 1.165) is 0 Å². The molecule has 1 atom stereocenters. The zero-order valence-electron chi connectivity index (χ0n) is 5.34. The third-order valence-electron chi connectivity index (χ3n) is 1.23. The molecule has 1 rings (SSSR count). The van der Waals surface area contributed by atoms with Gasteiger partial charge in [0.1, 0.15) is 6.61 Å². The Hall–Kier alpha value is -0.610. The first kappa shape index (κ1) is 6.51. The number of esters is 1. The van der Waals surface area contributed by atoms with Crippen LogP contribution in [0.25, 0.3) is 0 Å². The molecule has 1 heterocycles. The van der Waals surface area contributed by atoms with Crippen molar-refractivity contribution in [3.63, 3.8) is 0 Å². The Labute approximate surface area is 52.7 Å². The molecule has 4 heteroatoms. The molecule has 1 fully saturated rings. The highest BCUT2D eigenvalue weighted by atomic mass is 16.8. The van der Waals surface area contributed by atoms with Crippen LogP contribution < -0.4 is 0 Å². The van der Waals surface area contributed by atoms with Crippen LogP contribution in [0.4, 0.5) is 0 Å². The van der Waals surface area contributed by atoms with Crippen LogP contribution in [0.2, 0.25) is 0 Å². The number of carbonyl (C=O) groups excluding carboxylic acids is 1. The van der Waals surface area contributed by atoms with Crippen molar-refractivity contribution in [3.05, 3.63) is 0 Å². The maximum absolute atomic E-state index is 10.7. The fraction of sp³-hybridized carbons (Fsp3) is 0.800. The lowest BCUT2D eigenvalue weighted by atomic mass is 10.4. The van der Waals surface area contributed by atoms with Crippen molar-refractivity contribution < 1.29 is 19.0 Å². The van der Waals surface area contributed by atoms with E-state index in [9.17, 15) is 4.79 Å². The average molecular weight is 132 g/mol. The van der Waals surface area contributed by atoms with E-state index in [4.69, 9.17) is 9.47 Å². The molecule has 0 N–H and O–H groups in total. The normalized spacial score (nSPS) is 31.8. The summed E-state index contributed by atoms with van der Waals surface area (Å²) in [7, 11) is 2.70. The van der Waals surface area contributed by atoms with Gasteiger partial charge in [0.15, 0.2) is 0 Å². The van der Waals surface area contributed by atoms with Gasteiger partial charge >= 0.3 is 5.97 Å². The van der Waals surface area contributed by atoms with E-state index < -0.39 is 11.8 Å². The number of rotatable bonds is 2. The number of carbonyl (C=O) groups is 1. The van der Waals surface area contributed by atoms with Gasteiger partial charge in [-0.3, -0.25) is 0 Å². The van der Waals surface area contributed by atoms with Crippen LogP contribution >= 0.6 is 0 Å². The highest BCUT2D eigenvalue weighted by Gasteiger charge is 2.54. The minimum absolute atomic E-state index is 0.302. The summed E-state index contributed by atoms with van der Waals surface area (Å²) < 4.78 is 13.8. The molecule has 0 saturated carbocycles. The predicted molar refractivity (Wildman–Crippen MR) is 27.7 cm³/mol. The van der Waals surface area contributed by atoms with Crippen LogP contribution in [0.5, 0.6) is 0 Å². The fourth-order valence-electron chi connectivity index (χ4n) is 0.540. The van der Waals surface area contributed by atoms with Gasteiger partial charge in [-0.1, -0.05) is 0 Å². The van der Waals surface area contributed by atoms with Gasteiger partial charge in [-0.15, -0.1) is 0 Å². The number of hydrogen-bond acceptors (Lipinski definition) is 4. The van der Waals surface area contributed by atoms with Gasteiger partial charge in [-0.25, -0.2) is 4.79 Å². The molecule has 52 valence electrons. The van der Waals surface area contributed by atoms with Crippen molar-refractivity contribution in [2.24, 2.45) is 0 Å². The van der Waals surface area contributed by atoms with Crippen molar-refractivity contribution in [3.8, 4) is 0 Å². The summed E-state index contributed by atoms with van der Waals surface area (Å²) in [4.78, 5) is 10.7. The summed E-state index contributed by atoms with van der Waals surface area (Å²) in [6, 6.07) is 0. The Morgan fingerprint density at radius 3 is 2.33 bits per heavy atom. The summed E-state index contributed by atoms with van der Waals surface area (Å²) in [5, 5.41) is 0.